The first kappa shape index (κ1) is 18.2. The predicted octanol–water partition coefficient (Wildman–Crippen LogP) is 5.12. The van der Waals surface area contributed by atoms with Gasteiger partial charge in [-0.15, -0.1) is 0 Å². The predicted molar refractivity (Wildman–Crippen MR) is 77.1 cm³/mol. The number of rotatable bonds is 8. The maximum absolute atomic E-state index is 13.8. The normalized spacial score (nSPS) is 13.4. The zero-order valence-electron chi connectivity index (χ0n) is 11.9. The number of hydrogen-bond acceptors (Lipinski definition) is 1. The van der Waals surface area contributed by atoms with Gasteiger partial charge in [0, 0.05) is 23.0 Å². The van der Waals surface area contributed by atoms with Gasteiger partial charge in [0.05, 0.1) is 0 Å². The van der Waals surface area contributed by atoms with Gasteiger partial charge < -0.3 is 5.32 Å². The molecule has 0 aliphatic rings. The van der Waals surface area contributed by atoms with Gasteiger partial charge in [0.25, 0.3) is 0 Å². The summed E-state index contributed by atoms with van der Waals surface area (Å²) in [6.07, 6.45) is -3.45. The van der Waals surface area contributed by atoms with Crippen LogP contribution in [0.5, 0.6) is 0 Å². The summed E-state index contributed by atoms with van der Waals surface area (Å²) < 4.78 is 50.4. The second-order valence-corrected chi connectivity index (χ2v) is 5.47. The minimum absolute atomic E-state index is 0.0248. The number of benzene rings is 1. The van der Waals surface area contributed by atoms with Crippen molar-refractivity contribution in [3.05, 3.63) is 34.6 Å². The van der Waals surface area contributed by atoms with Gasteiger partial charge in [-0.2, -0.15) is 13.2 Å². The lowest BCUT2D eigenvalue weighted by Gasteiger charge is -2.20. The molecule has 0 amide bonds. The third-order valence-corrected chi connectivity index (χ3v) is 3.56. The summed E-state index contributed by atoms with van der Waals surface area (Å²) in [7, 11) is 0. The average Bonchev–Trinajstić information content (AvgIpc) is 2.38. The molecule has 1 nitrogen and oxygen atoms in total. The van der Waals surface area contributed by atoms with Crippen LogP contribution in [0.1, 0.15) is 38.2 Å². The second kappa shape index (κ2) is 8.59. The van der Waals surface area contributed by atoms with Crippen molar-refractivity contribution in [1.29, 1.82) is 0 Å². The highest BCUT2D eigenvalue weighted by molar-refractivity contribution is 6.31. The van der Waals surface area contributed by atoms with E-state index in [0.717, 1.165) is 6.42 Å². The van der Waals surface area contributed by atoms with Gasteiger partial charge >= 0.3 is 6.18 Å². The molecule has 21 heavy (non-hydrogen) atoms. The van der Waals surface area contributed by atoms with Crippen molar-refractivity contribution >= 4 is 11.6 Å². The van der Waals surface area contributed by atoms with Crippen molar-refractivity contribution in [3.63, 3.8) is 0 Å². The summed E-state index contributed by atoms with van der Waals surface area (Å²) in [6.45, 7) is 2.65. The molecule has 6 heteroatoms. The zero-order chi connectivity index (χ0) is 15.9. The van der Waals surface area contributed by atoms with E-state index in [-0.39, 0.29) is 12.5 Å². The van der Waals surface area contributed by atoms with Crippen molar-refractivity contribution in [3.8, 4) is 0 Å². The highest BCUT2D eigenvalue weighted by Gasteiger charge is 2.27. The van der Waals surface area contributed by atoms with Crippen molar-refractivity contribution < 1.29 is 17.6 Å². The Hall–Kier alpha value is -0.810. The number of halogens is 5. The molecule has 1 N–H and O–H groups in total. The molecule has 1 aromatic carbocycles. The molecular formula is C15H20ClF4N. The molecule has 0 radical (unpaired) electrons. The van der Waals surface area contributed by atoms with Crippen LogP contribution < -0.4 is 5.32 Å². The molecule has 0 spiro atoms. The van der Waals surface area contributed by atoms with E-state index in [2.05, 4.69) is 5.32 Å². The topological polar surface area (TPSA) is 12.0 Å². The molecule has 1 rings (SSSR count). The van der Waals surface area contributed by atoms with Crippen LogP contribution in [0.15, 0.2) is 18.2 Å². The second-order valence-electron chi connectivity index (χ2n) is 5.06. The zero-order valence-corrected chi connectivity index (χ0v) is 12.7. The molecule has 0 bridgehead atoms. The maximum atomic E-state index is 13.8. The Morgan fingerprint density at radius 1 is 1.29 bits per heavy atom. The standard InChI is InChI=1S/C15H20ClF4N/c1-2-9-21-11(5-4-8-15(18,19)20)10-12-13(16)6-3-7-14(12)17/h3,6-7,11,21H,2,4-5,8-10H2,1H3. The molecule has 0 saturated carbocycles. The molecule has 1 aromatic rings. The largest absolute Gasteiger partial charge is 0.389 e. The summed E-state index contributed by atoms with van der Waals surface area (Å²) in [5.74, 6) is -0.415. The van der Waals surface area contributed by atoms with Crippen molar-refractivity contribution in [2.45, 2.75) is 51.2 Å². The molecule has 0 fully saturated rings. The number of nitrogens with one attached hydrogen (secondary N) is 1. The van der Waals surface area contributed by atoms with Crippen LogP contribution in [0.25, 0.3) is 0 Å². The lowest BCUT2D eigenvalue weighted by Crippen LogP contribution is -2.32. The summed E-state index contributed by atoms with van der Waals surface area (Å²) in [4.78, 5) is 0. The quantitative estimate of drug-likeness (QED) is 0.654. The average molecular weight is 326 g/mol. The Morgan fingerprint density at radius 2 is 2.00 bits per heavy atom. The van der Waals surface area contributed by atoms with Crippen molar-refractivity contribution in [2.24, 2.45) is 0 Å². The fourth-order valence-corrected chi connectivity index (χ4v) is 2.39. The minimum atomic E-state index is -4.15. The van der Waals surface area contributed by atoms with E-state index in [0.29, 0.717) is 30.0 Å². The van der Waals surface area contributed by atoms with Crippen LogP contribution in [-0.2, 0) is 6.42 Å². The lowest BCUT2D eigenvalue weighted by molar-refractivity contribution is -0.135. The van der Waals surface area contributed by atoms with Gasteiger partial charge in [0.2, 0.25) is 0 Å². The monoisotopic (exact) mass is 325 g/mol. The van der Waals surface area contributed by atoms with Crippen LogP contribution in [0.4, 0.5) is 17.6 Å². The first-order valence-corrected chi connectivity index (χ1v) is 7.44. The third-order valence-electron chi connectivity index (χ3n) is 3.21. The van der Waals surface area contributed by atoms with E-state index in [1.54, 1.807) is 6.07 Å². The van der Waals surface area contributed by atoms with Gasteiger partial charge in [-0.3, -0.25) is 0 Å². The van der Waals surface area contributed by atoms with Gasteiger partial charge in [0.1, 0.15) is 5.82 Å². The van der Waals surface area contributed by atoms with E-state index in [1.807, 2.05) is 6.92 Å². The van der Waals surface area contributed by atoms with Gasteiger partial charge in [-0.1, -0.05) is 24.6 Å². The van der Waals surface area contributed by atoms with Gasteiger partial charge in [-0.25, -0.2) is 4.39 Å². The SMILES string of the molecule is CCCNC(CCCC(F)(F)F)Cc1c(F)cccc1Cl. The van der Waals surface area contributed by atoms with Crippen LogP contribution in [0.3, 0.4) is 0 Å². The number of alkyl halides is 3. The molecule has 0 saturated heterocycles. The summed E-state index contributed by atoms with van der Waals surface area (Å²) in [5.41, 5.74) is 0.361. The summed E-state index contributed by atoms with van der Waals surface area (Å²) in [5, 5.41) is 3.48. The fraction of sp³-hybridized carbons (Fsp3) is 0.600. The van der Waals surface area contributed by atoms with Gasteiger partial charge in [0.15, 0.2) is 0 Å². The minimum Gasteiger partial charge on any atom is -0.314 e. The van der Waals surface area contributed by atoms with Crippen LogP contribution in [-0.4, -0.2) is 18.8 Å². The van der Waals surface area contributed by atoms with Gasteiger partial charge in [-0.05, 0) is 44.4 Å². The Bertz CT molecular complexity index is 414. The molecular weight excluding hydrogens is 306 g/mol. The van der Waals surface area contributed by atoms with E-state index >= 15 is 0 Å². The molecule has 120 valence electrons. The maximum Gasteiger partial charge on any atom is 0.389 e. The first-order chi connectivity index (χ1) is 9.83. The number of hydrogen-bond donors (Lipinski definition) is 1. The van der Waals surface area contributed by atoms with Crippen LogP contribution in [0.2, 0.25) is 5.02 Å². The van der Waals surface area contributed by atoms with Crippen LogP contribution in [0, 0.1) is 5.82 Å². The van der Waals surface area contributed by atoms with E-state index in [1.165, 1.54) is 12.1 Å². The summed E-state index contributed by atoms with van der Waals surface area (Å²) in [6, 6.07) is 4.21. The Balaban J connectivity index is 2.65. The van der Waals surface area contributed by atoms with E-state index < -0.39 is 18.4 Å². The Morgan fingerprint density at radius 3 is 2.57 bits per heavy atom. The first-order valence-electron chi connectivity index (χ1n) is 7.06. The third kappa shape index (κ3) is 7.14. The van der Waals surface area contributed by atoms with E-state index in [9.17, 15) is 17.6 Å². The van der Waals surface area contributed by atoms with Crippen molar-refractivity contribution in [1.82, 2.24) is 5.32 Å². The smallest absolute Gasteiger partial charge is 0.314 e. The molecule has 0 aliphatic carbocycles. The molecule has 0 aromatic heterocycles. The highest BCUT2D eigenvalue weighted by atomic mass is 35.5. The fourth-order valence-electron chi connectivity index (χ4n) is 2.15. The Kier molecular flexibility index (Phi) is 7.46. The molecule has 1 unspecified atom stereocenters. The molecule has 0 aliphatic heterocycles. The molecule has 1 atom stereocenters. The van der Waals surface area contributed by atoms with Crippen molar-refractivity contribution in [2.75, 3.05) is 6.54 Å². The lowest BCUT2D eigenvalue weighted by atomic mass is 10.00. The molecule has 0 heterocycles. The summed E-state index contributed by atoms with van der Waals surface area (Å²) >= 11 is 5.97. The van der Waals surface area contributed by atoms with Crippen LogP contribution >= 0.6 is 11.6 Å². The Labute approximate surface area is 127 Å². The highest BCUT2D eigenvalue weighted by Crippen LogP contribution is 2.25. The van der Waals surface area contributed by atoms with E-state index in [4.69, 9.17) is 11.6 Å².